The van der Waals surface area contributed by atoms with Gasteiger partial charge in [-0.1, -0.05) is 24.3 Å². The minimum atomic E-state index is -4.76. The average molecular weight is 388 g/mol. The molecule has 1 amide bonds. The average Bonchev–Trinajstić information content (AvgIpc) is 2.60. The van der Waals surface area contributed by atoms with Crippen molar-refractivity contribution in [3.8, 4) is 11.1 Å². The van der Waals surface area contributed by atoms with Gasteiger partial charge in [-0.05, 0) is 29.3 Å². The molecule has 1 aliphatic heterocycles. The summed E-state index contributed by atoms with van der Waals surface area (Å²) in [5, 5.41) is 3.64. The molecule has 0 bridgehead atoms. The van der Waals surface area contributed by atoms with E-state index in [4.69, 9.17) is 0 Å². The summed E-state index contributed by atoms with van der Waals surface area (Å²) in [4.78, 5) is 10.9. The molecule has 4 nitrogen and oxygen atoms in total. The number of hydrogen-bond acceptors (Lipinski definition) is 3. The Balaban J connectivity index is 2.04. The van der Waals surface area contributed by atoms with E-state index in [1.54, 1.807) is 0 Å². The van der Waals surface area contributed by atoms with Gasteiger partial charge in [-0.25, -0.2) is 10.2 Å². The molecule has 0 radical (unpaired) electrons. The van der Waals surface area contributed by atoms with Crippen molar-refractivity contribution >= 4 is 11.8 Å². The lowest BCUT2D eigenvalue weighted by atomic mass is 9.95. The van der Waals surface area contributed by atoms with E-state index in [9.17, 15) is 31.1 Å². The van der Waals surface area contributed by atoms with Gasteiger partial charge in [0.2, 0.25) is 0 Å². The molecule has 2 aromatic rings. The van der Waals surface area contributed by atoms with Crippen LogP contribution >= 0.6 is 0 Å². The van der Waals surface area contributed by atoms with Crippen LogP contribution in [0.1, 0.15) is 16.7 Å². The maximum atomic E-state index is 13.5. The van der Waals surface area contributed by atoms with E-state index < -0.39 is 29.6 Å². The summed E-state index contributed by atoms with van der Waals surface area (Å²) in [6, 6.07) is 6.67. The highest BCUT2D eigenvalue weighted by atomic mass is 19.4. The van der Waals surface area contributed by atoms with E-state index in [0.29, 0.717) is 0 Å². The van der Waals surface area contributed by atoms with Gasteiger partial charge in [0, 0.05) is 5.56 Å². The molecule has 0 aromatic heterocycles. The lowest BCUT2D eigenvalue weighted by Gasteiger charge is -2.18. The fraction of sp³-hybridized carbons (Fsp3) is 0.176. The molecule has 10 heteroatoms. The number of benzene rings is 2. The first kappa shape index (κ1) is 18.7. The van der Waals surface area contributed by atoms with Gasteiger partial charge in [-0.2, -0.15) is 31.4 Å². The van der Waals surface area contributed by atoms with Crippen LogP contribution < -0.4 is 5.43 Å². The van der Waals surface area contributed by atoms with Gasteiger partial charge in [0.1, 0.15) is 12.3 Å². The molecule has 1 N–H and O–H groups in total. The maximum absolute atomic E-state index is 13.5. The Morgan fingerprint density at radius 2 is 1.52 bits per heavy atom. The van der Waals surface area contributed by atoms with Crippen molar-refractivity contribution < 1.29 is 35.9 Å². The smallest absolute Gasteiger partial charge is 0.428 e. The first-order chi connectivity index (χ1) is 12.6. The SMILES string of the molecule is O=C1NN=C(c2ccc(-c3ccc(C(F)(F)F)cc3)c(C(F)(F)F)c2)CO1. The lowest BCUT2D eigenvalue weighted by Crippen LogP contribution is -2.30. The standard InChI is InChI=1S/C17H10F6N2O2/c18-16(19,20)11-4-1-9(2-5-11)12-6-3-10(7-13(12)17(21,22)23)14-8-27-15(26)25-24-14/h1-7H,8H2,(H,25,26). The Hall–Kier alpha value is -3.04. The zero-order valence-electron chi connectivity index (χ0n) is 13.3. The number of halogens is 6. The topological polar surface area (TPSA) is 50.7 Å². The minimum Gasteiger partial charge on any atom is -0.442 e. The van der Waals surface area contributed by atoms with Crippen molar-refractivity contribution in [1.82, 2.24) is 5.43 Å². The van der Waals surface area contributed by atoms with E-state index in [1.165, 1.54) is 6.07 Å². The first-order valence-electron chi connectivity index (χ1n) is 7.44. The molecule has 3 rings (SSSR count). The molecule has 2 aromatic carbocycles. The quantitative estimate of drug-likeness (QED) is 0.749. The van der Waals surface area contributed by atoms with E-state index in [2.05, 4.69) is 9.84 Å². The molecule has 0 saturated carbocycles. The summed E-state index contributed by atoms with van der Waals surface area (Å²) < 4.78 is 83.1. The Kier molecular flexibility index (Phi) is 4.58. The zero-order chi connectivity index (χ0) is 19.8. The molecule has 0 saturated heterocycles. The zero-order valence-corrected chi connectivity index (χ0v) is 13.3. The Labute approximate surface area is 148 Å². The number of alkyl halides is 6. The van der Waals surface area contributed by atoms with E-state index in [0.717, 1.165) is 36.4 Å². The van der Waals surface area contributed by atoms with Gasteiger partial charge in [-0.3, -0.25) is 0 Å². The van der Waals surface area contributed by atoms with Gasteiger partial charge in [0.15, 0.2) is 0 Å². The predicted octanol–water partition coefficient (Wildman–Crippen LogP) is 4.84. The highest BCUT2D eigenvalue weighted by Crippen LogP contribution is 2.39. The number of amides is 1. The predicted molar refractivity (Wildman–Crippen MR) is 82.9 cm³/mol. The number of ether oxygens (including phenoxy) is 1. The number of hydrazone groups is 1. The van der Waals surface area contributed by atoms with Gasteiger partial charge in [-0.15, -0.1) is 0 Å². The molecule has 1 heterocycles. The van der Waals surface area contributed by atoms with Crippen molar-refractivity contribution in [2.75, 3.05) is 6.61 Å². The highest BCUT2D eigenvalue weighted by Gasteiger charge is 2.35. The monoisotopic (exact) mass is 388 g/mol. The third-order valence-corrected chi connectivity index (χ3v) is 3.80. The first-order valence-corrected chi connectivity index (χ1v) is 7.44. The van der Waals surface area contributed by atoms with Crippen molar-refractivity contribution in [1.29, 1.82) is 0 Å². The summed E-state index contributed by atoms with van der Waals surface area (Å²) in [5.41, 5.74) is -0.148. The van der Waals surface area contributed by atoms with E-state index in [1.807, 2.05) is 5.43 Å². The van der Waals surface area contributed by atoms with Crippen molar-refractivity contribution in [3.05, 3.63) is 59.2 Å². The Bertz CT molecular complexity index is 901. The van der Waals surface area contributed by atoms with E-state index in [-0.39, 0.29) is 29.0 Å². The molecule has 1 aliphatic rings. The van der Waals surface area contributed by atoms with Crippen LogP contribution in [0.2, 0.25) is 0 Å². The summed E-state index contributed by atoms with van der Waals surface area (Å²) in [6.07, 6.45) is -10.2. The van der Waals surface area contributed by atoms with Crippen LogP contribution in [0, 0.1) is 0 Å². The van der Waals surface area contributed by atoms with Crippen LogP contribution in [0.5, 0.6) is 0 Å². The third-order valence-electron chi connectivity index (χ3n) is 3.80. The summed E-state index contributed by atoms with van der Waals surface area (Å²) in [6.45, 7) is -0.303. The van der Waals surface area contributed by atoms with Crippen molar-refractivity contribution in [2.24, 2.45) is 5.10 Å². The van der Waals surface area contributed by atoms with Gasteiger partial charge >= 0.3 is 18.4 Å². The number of rotatable bonds is 2. The van der Waals surface area contributed by atoms with Crippen LogP contribution in [0.15, 0.2) is 47.6 Å². The fourth-order valence-corrected chi connectivity index (χ4v) is 2.51. The molecular formula is C17H10F6N2O2. The normalized spacial score (nSPS) is 15.0. The molecular weight excluding hydrogens is 378 g/mol. The maximum Gasteiger partial charge on any atom is 0.428 e. The van der Waals surface area contributed by atoms with Crippen LogP contribution in [-0.2, 0) is 17.1 Å². The van der Waals surface area contributed by atoms with Crippen LogP contribution in [0.3, 0.4) is 0 Å². The number of nitrogens with zero attached hydrogens (tertiary/aromatic N) is 1. The Morgan fingerprint density at radius 1 is 0.889 bits per heavy atom. The van der Waals surface area contributed by atoms with E-state index >= 15 is 0 Å². The van der Waals surface area contributed by atoms with Crippen molar-refractivity contribution in [2.45, 2.75) is 12.4 Å². The second-order valence-corrected chi connectivity index (χ2v) is 5.58. The van der Waals surface area contributed by atoms with Gasteiger partial charge < -0.3 is 4.74 Å². The number of cyclic esters (lactones) is 1. The largest absolute Gasteiger partial charge is 0.442 e. The molecule has 0 aliphatic carbocycles. The Morgan fingerprint density at radius 3 is 2.04 bits per heavy atom. The fourth-order valence-electron chi connectivity index (χ4n) is 2.51. The van der Waals surface area contributed by atoms with Gasteiger partial charge in [0.05, 0.1) is 11.1 Å². The summed E-state index contributed by atoms with van der Waals surface area (Å²) >= 11 is 0. The lowest BCUT2D eigenvalue weighted by molar-refractivity contribution is -0.138. The highest BCUT2D eigenvalue weighted by molar-refractivity contribution is 6.04. The third kappa shape index (κ3) is 4.04. The molecule has 142 valence electrons. The number of carbonyl (C=O) groups excluding carboxylic acids is 1. The summed E-state index contributed by atoms with van der Waals surface area (Å²) in [7, 11) is 0. The minimum absolute atomic E-state index is 0.0167. The number of nitrogens with one attached hydrogen (secondary N) is 1. The molecule has 0 spiro atoms. The van der Waals surface area contributed by atoms with Crippen LogP contribution in [0.4, 0.5) is 31.1 Å². The summed E-state index contributed by atoms with van der Waals surface area (Å²) in [5.74, 6) is 0. The van der Waals surface area contributed by atoms with Gasteiger partial charge in [0.25, 0.3) is 0 Å². The molecule has 0 fully saturated rings. The second kappa shape index (κ2) is 6.60. The van der Waals surface area contributed by atoms with Crippen LogP contribution in [0.25, 0.3) is 11.1 Å². The molecule has 0 atom stereocenters. The van der Waals surface area contributed by atoms with Crippen LogP contribution in [-0.4, -0.2) is 18.4 Å². The second-order valence-electron chi connectivity index (χ2n) is 5.58. The number of hydrogen-bond donors (Lipinski definition) is 1. The number of carbonyl (C=O) groups is 1. The molecule has 27 heavy (non-hydrogen) atoms. The molecule has 0 unspecified atom stereocenters. The van der Waals surface area contributed by atoms with Crippen molar-refractivity contribution in [3.63, 3.8) is 0 Å².